The fourth-order valence-corrected chi connectivity index (χ4v) is 0.743. The molecule has 62 valence electrons. The maximum Gasteiger partial charge on any atom is -0.00114 e. The van der Waals surface area contributed by atoms with Crippen LogP contribution in [0.25, 0.3) is 0 Å². The number of allylic oxidation sites excluding steroid dienone is 4. The summed E-state index contributed by atoms with van der Waals surface area (Å²) < 4.78 is 0. The van der Waals surface area contributed by atoms with E-state index in [1.807, 2.05) is 32.2 Å². The van der Waals surface area contributed by atoms with Crippen LogP contribution in [-0.2, 0) is 0 Å². The highest BCUT2D eigenvalue weighted by atomic mass is 14.8. The molecule has 0 rings (SSSR count). The molecule has 0 heterocycles. The van der Waals surface area contributed by atoms with Crippen LogP contribution >= 0.6 is 0 Å². The first-order valence-corrected chi connectivity index (χ1v) is 3.94. The molecule has 0 aliphatic rings. The van der Waals surface area contributed by atoms with Gasteiger partial charge in [-0.2, -0.15) is 0 Å². The molecule has 0 aromatic heterocycles. The zero-order chi connectivity index (χ0) is 8.53. The minimum absolute atomic E-state index is 1.01. The molecule has 0 unspecified atom stereocenters. The van der Waals surface area contributed by atoms with Gasteiger partial charge in [-0.15, -0.1) is 0 Å². The van der Waals surface area contributed by atoms with E-state index < -0.39 is 0 Å². The summed E-state index contributed by atoms with van der Waals surface area (Å²) in [6.07, 6.45) is 9.08. The van der Waals surface area contributed by atoms with Crippen LogP contribution in [0.2, 0.25) is 0 Å². The van der Waals surface area contributed by atoms with Gasteiger partial charge in [0, 0.05) is 0 Å². The van der Waals surface area contributed by atoms with E-state index in [2.05, 4.69) is 18.0 Å². The van der Waals surface area contributed by atoms with Crippen molar-refractivity contribution in [1.29, 1.82) is 0 Å². The van der Waals surface area contributed by atoms with E-state index in [-0.39, 0.29) is 0 Å². The number of hydrogen-bond donors (Lipinski definition) is 1. The van der Waals surface area contributed by atoms with E-state index in [1.54, 1.807) is 0 Å². The molecule has 0 saturated heterocycles. The van der Waals surface area contributed by atoms with Crippen molar-refractivity contribution < 1.29 is 0 Å². The SMILES string of the molecule is C=C/C(=C\C=C/C)CCNC. The number of rotatable bonds is 5. The molecule has 11 heavy (non-hydrogen) atoms. The van der Waals surface area contributed by atoms with Crippen molar-refractivity contribution in [1.82, 2.24) is 5.32 Å². The second-order valence-corrected chi connectivity index (χ2v) is 2.33. The van der Waals surface area contributed by atoms with Crippen LogP contribution in [0.15, 0.2) is 36.5 Å². The van der Waals surface area contributed by atoms with Crippen LogP contribution in [0, 0.1) is 0 Å². The van der Waals surface area contributed by atoms with Crippen LogP contribution in [0.1, 0.15) is 13.3 Å². The lowest BCUT2D eigenvalue weighted by Gasteiger charge is -1.98. The minimum Gasteiger partial charge on any atom is -0.319 e. The molecule has 0 saturated carbocycles. The second kappa shape index (κ2) is 7.29. The van der Waals surface area contributed by atoms with E-state index in [4.69, 9.17) is 0 Å². The smallest absolute Gasteiger partial charge is 0.00114 e. The van der Waals surface area contributed by atoms with Gasteiger partial charge >= 0.3 is 0 Å². The lowest BCUT2D eigenvalue weighted by molar-refractivity contribution is 0.794. The molecule has 0 amide bonds. The van der Waals surface area contributed by atoms with Crippen molar-refractivity contribution in [3.63, 3.8) is 0 Å². The molecule has 0 aliphatic heterocycles. The van der Waals surface area contributed by atoms with E-state index in [0.717, 1.165) is 13.0 Å². The maximum absolute atomic E-state index is 3.74. The molecule has 0 atom stereocenters. The molecule has 0 aromatic rings. The van der Waals surface area contributed by atoms with Gasteiger partial charge in [0.1, 0.15) is 0 Å². The summed E-state index contributed by atoms with van der Waals surface area (Å²) in [5, 5.41) is 3.10. The van der Waals surface area contributed by atoms with Crippen molar-refractivity contribution in [2.75, 3.05) is 13.6 Å². The summed E-state index contributed by atoms with van der Waals surface area (Å²) in [7, 11) is 1.95. The van der Waals surface area contributed by atoms with Gasteiger partial charge in [-0.05, 0) is 32.5 Å². The highest BCUT2D eigenvalue weighted by molar-refractivity contribution is 5.21. The Morgan fingerprint density at radius 2 is 2.27 bits per heavy atom. The van der Waals surface area contributed by atoms with E-state index in [0.29, 0.717) is 0 Å². The normalized spacial score (nSPS) is 12.4. The highest BCUT2D eigenvalue weighted by Gasteiger charge is 1.87. The molecule has 0 fully saturated rings. The Labute approximate surface area is 69.5 Å². The quantitative estimate of drug-likeness (QED) is 0.594. The monoisotopic (exact) mass is 151 g/mol. The topological polar surface area (TPSA) is 12.0 Å². The third-order valence-electron chi connectivity index (χ3n) is 1.43. The molecule has 1 nitrogen and oxygen atoms in total. The van der Waals surface area contributed by atoms with Gasteiger partial charge in [0.2, 0.25) is 0 Å². The predicted molar refractivity (Wildman–Crippen MR) is 51.6 cm³/mol. The predicted octanol–water partition coefficient (Wildman–Crippen LogP) is 2.28. The first-order valence-electron chi connectivity index (χ1n) is 3.94. The summed E-state index contributed by atoms with van der Waals surface area (Å²) in [5.41, 5.74) is 1.28. The van der Waals surface area contributed by atoms with E-state index >= 15 is 0 Å². The average molecular weight is 151 g/mol. The number of hydrogen-bond acceptors (Lipinski definition) is 1. The third-order valence-corrected chi connectivity index (χ3v) is 1.43. The largest absolute Gasteiger partial charge is 0.319 e. The fraction of sp³-hybridized carbons (Fsp3) is 0.400. The van der Waals surface area contributed by atoms with Gasteiger partial charge in [-0.1, -0.05) is 30.9 Å². The van der Waals surface area contributed by atoms with Crippen molar-refractivity contribution in [2.24, 2.45) is 0 Å². The van der Waals surface area contributed by atoms with Crippen LogP contribution in [0.4, 0.5) is 0 Å². The van der Waals surface area contributed by atoms with Crippen LogP contribution in [0.3, 0.4) is 0 Å². The Bertz CT molecular complexity index is 154. The van der Waals surface area contributed by atoms with Gasteiger partial charge in [0.15, 0.2) is 0 Å². The molecule has 0 spiro atoms. The standard InChI is InChI=1S/C10H17N/c1-4-6-7-10(5-2)8-9-11-3/h4-7,11H,2,8-9H2,1,3H3/b6-4-,10-7+. The van der Waals surface area contributed by atoms with Crippen molar-refractivity contribution >= 4 is 0 Å². The summed E-state index contributed by atoms with van der Waals surface area (Å²) in [6, 6.07) is 0. The van der Waals surface area contributed by atoms with Gasteiger partial charge in [-0.25, -0.2) is 0 Å². The summed E-state index contributed by atoms with van der Waals surface area (Å²) in [5.74, 6) is 0. The Morgan fingerprint density at radius 3 is 2.73 bits per heavy atom. The highest BCUT2D eigenvalue weighted by Crippen LogP contribution is 2.00. The Balaban J connectivity index is 3.83. The third kappa shape index (κ3) is 5.62. The second-order valence-electron chi connectivity index (χ2n) is 2.33. The molecule has 0 radical (unpaired) electrons. The fourth-order valence-electron chi connectivity index (χ4n) is 0.743. The van der Waals surface area contributed by atoms with Crippen LogP contribution < -0.4 is 5.32 Å². The zero-order valence-corrected chi connectivity index (χ0v) is 7.43. The van der Waals surface area contributed by atoms with Gasteiger partial charge < -0.3 is 5.32 Å². The lowest BCUT2D eigenvalue weighted by Crippen LogP contribution is -2.07. The Hall–Kier alpha value is -0.820. The molecule has 0 bridgehead atoms. The summed E-state index contributed by atoms with van der Waals surface area (Å²) >= 11 is 0. The maximum atomic E-state index is 3.74. The van der Waals surface area contributed by atoms with Crippen LogP contribution in [0.5, 0.6) is 0 Å². The Kier molecular flexibility index (Phi) is 6.75. The molecule has 1 heteroatoms. The molecular formula is C10H17N. The van der Waals surface area contributed by atoms with Crippen molar-refractivity contribution in [2.45, 2.75) is 13.3 Å². The number of nitrogens with one attached hydrogen (secondary N) is 1. The van der Waals surface area contributed by atoms with Crippen molar-refractivity contribution in [3.8, 4) is 0 Å². The van der Waals surface area contributed by atoms with Gasteiger partial charge in [0.25, 0.3) is 0 Å². The summed E-state index contributed by atoms with van der Waals surface area (Å²) in [4.78, 5) is 0. The Morgan fingerprint density at radius 1 is 1.55 bits per heavy atom. The molecule has 0 aromatic carbocycles. The first kappa shape index (κ1) is 10.2. The average Bonchev–Trinajstić information content (AvgIpc) is 2.05. The minimum atomic E-state index is 1.01. The zero-order valence-electron chi connectivity index (χ0n) is 7.43. The molecular weight excluding hydrogens is 134 g/mol. The van der Waals surface area contributed by atoms with Gasteiger partial charge in [0.05, 0.1) is 0 Å². The molecule has 0 aliphatic carbocycles. The van der Waals surface area contributed by atoms with Crippen LogP contribution in [-0.4, -0.2) is 13.6 Å². The van der Waals surface area contributed by atoms with Gasteiger partial charge in [-0.3, -0.25) is 0 Å². The summed E-state index contributed by atoms with van der Waals surface area (Å²) in [6.45, 7) is 6.76. The first-order chi connectivity index (χ1) is 5.35. The lowest BCUT2D eigenvalue weighted by atomic mass is 10.1. The molecule has 1 N–H and O–H groups in total. The van der Waals surface area contributed by atoms with E-state index in [1.165, 1.54) is 5.57 Å². The van der Waals surface area contributed by atoms with E-state index in [9.17, 15) is 0 Å². The van der Waals surface area contributed by atoms with Crippen molar-refractivity contribution in [3.05, 3.63) is 36.5 Å².